The molecule has 0 bridgehead atoms. The molecule has 0 saturated heterocycles. The van der Waals surface area contributed by atoms with Crippen molar-refractivity contribution in [2.24, 2.45) is 0 Å². The SMILES string of the molecule is O=C(Nc1ccc(NC(=O)c2cc(F)c(F)c(F)c2F)cc1)c1ccc(F)cc1F. The van der Waals surface area contributed by atoms with Crippen molar-refractivity contribution in [1.29, 1.82) is 0 Å². The lowest BCUT2D eigenvalue weighted by atomic mass is 10.1. The van der Waals surface area contributed by atoms with Crippen molar-refractivity contribution >= 4 is 23.2 Å². The van der Waals surface area contributed by atoms with E-state index in [9.17, 15) is 35.9 Å². The van der Waals surface area contributed by atoms with Crippen LogP contribution >= 0.6 is 0 Å². The highest BCUT2D eigenvalue weighted by atomic mass is 19.2. The molecule has 0 aliphatic rings. The summed E-state index contributed by atoms with van der Waals surface area (Å²) in [6.45, 7) is 0. The number of carbonyl (C=O) groups is 2. The first kappa shape index (κ1) is 20.9. The van der Waals surface area contributed by atoms with Gasteiger partial charge in [-0.05, 0) is 42.5 Å². The summed E-state index contributed by atoms with van der Waals surface area (Å²) in [6.07, 6.45) is 0. The number of hydrogen-bond donors (Lipinski definition) is 2. The van der Waals surface area contributed by atoms with Crippen molar-refractivity contribution in [3.63, 3.8) is 0 Å². The Morgan fingerprint density at radius 2 is 1.10 bits per heavy atom. The van der Waals surface area contributed by atoms with E-state index < -0.39 is 57.8 Å². The van der Waals surface area contributed by atoms with Crippen molar-refractivity contribution in [3.8, 4) is 0 Å². The van der Waals surface area contributed by atoms with Gasteiger partial charge in [-0.1, -0.05) is 0 Å². The Bertz CT molecular complexity index is 1150. The van der Waals surface area contributed by atoms with Crippen LogP contribution in [0, 0.1) is 34.9 Å². The molecule has 3 aromatic carbocycles. The molecule has 0 atom stereocenters. The van der Waals surface area contributed by atoms with E-state index in [0.717, 1.165) is 12.1 Å². The van der Waals surface area contributed by atoms with Crippen molar-refractivity contribution in [3.05, 3.63) is 94.6 Å². The summed E-state index contributed by atoms with van der Waals surface area (Å²) in [4.78, 5) is 24.1. The van der Waals surface area contributed by atoms with Gasteiger partial charge in [-0.25, -0.2) is 26.3 Å². The molecule has 0 saturated carbocycles. The molecule has 3 aromatic rings. The fraction of sp³-hybridized carbons (Fsp3) is 0. The van der Waals surface area contributed by atoms with Crippen LogP contribution in [0.15, 0.2) is 48.5 Å². The topological polar surface area (TPSA) is 58.2 Å². The van der Waals surface area contributed by atoms with E-state index >= 15 is 0 Å². The maximum atomic E-state index is 13.7. The molecule has 3 rings (SSSR count). The van der Waals surface area contributed by atoms with E-state index in [1.165, 1.54) is 24.3 Å². The molecule has 0 aliphatic heterocycles. The zero-order valence-corrected chi connectivity index (χ0v) is 14.7. The van der Waals surface area contributed by atoms with Gasteiger partial charge in [0.05, 0.1) is 11.1 Å². The molecule has 30 heavy (non-hydrogen) atoms. The minimum atomic E-state index is -2.12. The Morgan fingerprint density at radius 3 is 1.63 bits per heavy atom. The second kappa shape index (κ2) is 8.27. The minimum absolute atomic E-state index is 0.0514. The summed E-state index contributed by atoms with van der Waals surface area (Å²) in [5, 5.41) is 4.50. The summed E-state index contributed by atoms with van der Waals surface area (Å²) < 4.78 is 79.7. The second-order valence-corrected chi connectivity index (χ2v) is 5.96. The van der Waals surface area contributed by atoms with Gasteiger partial charge < -0.3 is 10.6 Å². The predicted molar refractivity (Wildman–Crippen MR) is 95.0 cm³/mol. The molecule has 0 fully saturated rings. The van der Waals surface area contributed by atoms with E-state index in [4.69, 9.17) is 0 Å². The molecule has 154 valence electrons. The maximum absolute atomic E-state index is 13.7. The van der Waals surface area contributed by atoms with E-state index in [1.807, 2.05) is 0 Å². The van der Waals surface area contributed by atoms with Gasteiger partial charge in [0.1, 0.15) is 11.6 Å². The van der Waals surface area contributed by atoms with Gasteiger partial charge in [-0.2, -0.15) is 0 Å². The number of rotatable bonds is 4. The third kappa shape index (κ3) is 4.27. The molecule has 2 N–H and O–H groups in total. The lowest BCUT2D eigenvalue weighted by Crippen LogP contribution is -2.16. The maximum Gasteiger partial charge on any atom is 0.258 e. The third-order valence-electron chi connectivity index (χ3n) is 3.92. The Morgan fingerprint density at radius 1 is 0.567 bits per heavy atom. The summed E-state index contributed by atoms with van der Waals surface area (Å²) in [6, 6.07) is 7.73. The molecular weight excluding hydrogens is 414 g/mol. The van der Waals surface area contributed by atoms with Crippen molar-refractivity contribution in [2.45, 2.75) is 0 Å². The molecule has 0 aromatic heterocycles. The van der Waals surface area contributed by atoms with Crippen LogP contribution in [0.3, 0.4) is 0 Å². The highest BCUT2D eigenvalue weighted by Crippen LogP contribution is 2.21. The quantitative estimate of drug-likeness (QED) is 0.351. The fourth-order valence-corrected chi connectivity index (χ4v) is 2.45. The van der Waals surface area contributed by atoms with E-state index in [1.54, 1.807) is 0 Å². The van der Waals surface area contributed by atoms with Gasteiger partial charge in [-0.3, -0.25) is 9.59 Å². The van der Waals surface area contributed by atoms with Crippen LogP contribution in [-0.4, -0.2) is 11.8 Å². The van der Waals surface area contributed by atoms with Gasteiger partial charge in [0.15, 0.2) is 23.3 Å². The van der Waals surface area contributed by atoms with Crippen molar-refractivity contribution in [2.75, 3.05) is 10.6 Å². The zero-order valence-electron chi connectivity index (χ0n) is 14.7. The Kier molecular flexibility index (Phi) is 5.77. The van der Waals surface area contributed by atoms with Gasteiger partial charge in [-0.15, -0.1) is 0 Å². The number of amides is 2. The number of anilines is 2. The molecular formula is C20H10F6N2O2. The van der Waals surface area contributed by atoms with Gasteiger partial charge in [0.2, 0.25) is 0 Å². The smallest absolute Gasteiger partial charge is 0.258 e. The molecule has 10 heteroatoms. The van der Waals surface area contributed by atoms with Crippen LogP contribution in [0.1, 0.15) is 20.7 Å². The average Bonchev–Trinajstić information content (AvgIpc) is 2.70. The highest BCUT2D eigenvalue weighted by Gasteiger charge is 2.23. The van der Waals surface area contributed by atoms with Gasteiger partial charge in [0, 0.05) is 17.4 Å². The Balaban J connectivity index is 1.72. The molecule has 0 heterocycles. The normalized spacial score (nSPS) is 10.6. The second-order valence-electron chi connectivity index (χ2n) is 5.96. The average molecular weight is 424 g/mol. The van der Waals surface area contributed by atoms with E-state index in [-0.39, 0.29) is 17.4 Å². The fourth-order valence-electron chi connectivity index (χ4n) is 2.45. The molecule has 0 aliphatic carbocycles. The predicted octanol–water partition coefficient (Wildman–Crippen LogP) is 5.03. The Hall–Kier alpha value is -3.82. The number of hydrogen-bond acceptors (Lipinski definition) is 2. The number of halogens is 6. The van der Waals surface area contributed by atoms with Gasteiger partial charge in [0.25, 0.3) is 11.8 Å². The highest BCUT2D eigenvalue weighted by molar-refractivity contribution is 6.06. The standard InChI is InChI=1S/C20H10F6N2O2/c21-9-1-6-12(14(22)7-9)19(29)27-10-2-4-11(5-3-10)28-20(30)13-8-15(23)17(25)18(26)16(13)24/h1-8H,(H,27,29)(H,28,30). The van der Waals surface area contributed by atoms with Crippen molar-refractivity contribution in [1.82, 2.24) is 0 Å². The first-order valence-corrected chi connectivity index (χ1v) is 8.18. The monoisotopic (exact) mass is 424 g/mol. The van der Waals surface area contributed by atoms with E-state index in [0.29, 0.717) is 6.07 Å². The summed E-state index contributed by atoms with van der Waals surface area (Å²) >= 11 is 0. The molecule has 2 amide bonds. The minimum Gasteiger partial charge on any atom is -0.322 e. The largest absolute Gasteiger partial charge is 0.322 e. The van der Waals surface area contributed by atoms with Crippen LogP contribution in [0.2, 0.25) is 0 Å². The first-order chi connectivity index (χ1) is 14.2. The summed E-state index contributed by atoms with van der Waals surface area (Å²) in [5.41, 5.74) is -1.22. The van der Waals surface area contributed by atoms with E-state index in [2.05, 4.69) is 10.6 Å². The number of carbonyl (C=O) groups excluding carboxylic acids is 2. The molecule has 0 spiro atoms. The van der Waals surface area contributed by atoms with Crippen LogP contribution in [0.25, 0.3) is 0 Å². The summed E-state index contributed by atoms with van der Waals surface area (Å²) in [7, 11) is 0. The Labute approximate surface area is 165 Å². The molecule has 0 radical (unpaired) electrons. The van der Waals surface area contributed by atoms with Crippen LogP contribution in [0.4, 0.5) is 37.7 Å². The lowest BCUT2D eigenvalue weighted by molar-refractivity contribution is 0.101. The third-order valence-corrected chi connectivity index (χ3v) is 3.92. The number of nitrogens with one attached hydrogen (secondary N) is 2. The summed E-state index contributed by atoms with van der Waals surface area (Å²) in [5.74, 6) is -11.7. The van der Waals surface area contributed by atoms with Crippen LogP contribution in [0.5, 0.6) is 0 Å². The molecule has 4 nitrogen and oxygen atoms in total. The molecule has 0 unspecified atom stereocenters. The number of benzene rings is 3. The first-order valence-electron chi connectivity index (χ1n) is 8.18. The lowest BCUT2D eigenvalue weighted by Gasteiger charge is -2.10. The van der Waals surface area contributed by atoms with Gasteiger partial charge >= 0.3 is 0 Å². The van der Waals surface area contributed by atoms with Crippen LogP contribution in [-0.2, 0) is 0 Å². The zero-order chi connectivity index (χ0) is 22.0. The van der Waals surface area contributed by atoms with Crippen LogP contribution < -0.4 is 10.6 Å². The van der Waals surface area contributed by atoms with Crippen molar-refractivity contribution < 1.29 is 35.9 Å².